The predicted molar refractivity (Wildman–Crippen MR) is 132 cm³/mol. The monoisotopic (exact) mass is 494 g/mol. The van der Waals surface area contributed by atoms with Crippen LogP contribution in [0.1, 0.15) is 5.56 Å². The molecule has 2 N–H and O–H groups in total. The number of ether oxygens (including phenoxy) is 2. The Morgan fingerprint density at radius 1 is 0.857 bits per heavy atom. The maximum absolute atomic E-state index is 13.1. The molecule has 5 rings (SSSR count). The fraction of sp³-hybridized carbons (Fsp3) is 0.240. The Balaban J connectivity index is 1.16. The molecule has 2 heterocycles. The van der Waals surface area contributed by atoms with Crippen molar-refractivity contribution in [3.8, 4) is 11.5 Å². The highest BCUT2D eigenvalue weighted by Gasteiger charge is 2.29. The molecule has 0 bridgehead atoms. The lowest BCUT2D eigenvalue weighted by molar-refractivity contribution is 0.174. The minimum absolute atomic E-state index is 0.198. The van der Waals surface area contributed by atoms with Gasteiger partial charge in [0.2, 0.25) is 16.8 Å². The van der Waals surface area contributed by atoms with Gasteiger partial charge in [0.1, 0.15) is 0 Å². The van der Waals surface area contributed by atoms with Gasteiger partial charge >= 0.3 is 6.03 Å². The number of anilines is 2. The number of piperazine rings is 1. The lowest BCUT2D eigenvalue weighted by Crippen LogP contribution is -2.48. The average molecular weight is 495 g/mol. The van der Waals surface area contributed by atoms with Crippen LogP contribution in [0.25, 0.3) is 0 Å². The molecule has 1 fully saturated rings. The van der Waals surface area contributed by atoms with E-state index in [1.807, 2.05) is 48.5 Å². The summed E-state index contributed by atoms with van der Waals surface area (Å²) in [5.74, 6) is 1.43. The number of sulfonamides is 1. The van der Waals surface area contributed by atoms with E-state index in [4.69, 9.17) is 9.47 Å². The summed E-state index contributed by atoms with van der Waals surface area (Å²) < 4.78 is 38.6. The number of hydrogen-bond acceptors (Lipinski definition) is 6. The Bertz CT molecular complexity index is 1290. The van der Waals surface area contributed by atoms with Crippen molar-refractivity contribution in [2.45, 2.75) is 11.4 Å². The van der Waals surface area contributed by atoms with Gasteiger partial charge in [-0.15, -0.1) is 0 Å². The molecule has 2 aliphatic rings. The summed E-state index contributed by atoms with van der Waals surface area (Å²) in [7, 11) is -3.64. The van der Waals surface area contributed by atoms with Crippen molar-refractivity contribution in [1.29, 1.82) is 0 Å². The molecule has 10 heteroatoms. The first kappa shape index (κ1) is 23.0. The van der Waals surface area contributed by atoms with E-state index < -0.39 is 10.0 Å². The molecule has 0 radical (unpaired) electrons. The topological polar surface area (TPSA) is 100 Å². The Labute approximate surface area is 204 Å². The maximum atomic E-state index is 13.1. The molecule has 2 aliphatic heterocycles. The number of rotatable bonds is 6. The van der Waals surface area contributed by atoms with E-state index in [1.54, 1.807) is 12.1 Å². The van der Waals surface area contributed by atoms with E-state index in [1.165, 1.54) is 16.4 Å². The molecular weight excluding hydrogens is 468 g/mol. The quantitative estimate of drug-likeness (QED) is 0.546. The molecule has 35 heavy (non-hydrogen) atoms. The van der Waals surface area contributed by atoms with Crippen molar-refractivity contribution < 1.29 is 22.7 Å². The number of fused-ring (bicyclic) bond motifs is 1. The van der Waals surface area contributed by atoms with Crippen molar-refractivity contribution in [3.05, 3.63) is 78.4 Å². The van der Waals surface area contributed by atoms with E-state index in [2.05, 4.69) is 15.5 Å². The molecule has 1 saturated heterocycles. The van der Waals surface area contributed by atoms with Crippen LogP contribution >= 0.6 is 0 Å². The number of hydrogen-bond donors (Lipinski definition) is 2. The molecule has 9 nitrogen and oxygen atoms in total. The fourth-order valence-electron chi connectivity index (χ4n) is 4.08. The first-order valence-electron chi connectivity index (χ1n) is 11.3. The average Bonchev–Trinajstić information content (AvgIpc) is 3.37. The highest BCUT2D eigenvalue weighted by atomic mass is 32.2. The van der Waals surface area contributed by atoms with E-state index in [-0.39, 0.29) is 17.7 Å². The van der Waals surface area contributed by atoms with Crippen LogP contribution in [0.2, 0.25) is 0 Å². The Hall–Kier alpha value is -3.76. The molecule has 0 atom stereocenters. The minimum atomic E-state index is -3.64. The first-order valence-corrected chi connectivity index (χ1v) is 12.8. The molecule has 182 valence electrons. The molecule has 0 unspecified atom stereocenters. The third-order valence-electron chi connectivity index (χ3n) is 6.01. The van der Waals surface area contributed by atoms with Gasteiger partial charge in [-0.3, -0.25) is 0 Å². The Morgan fingerprint density at radius 3 is 2.31 bits per heavy atom. The van der Waals surface area contributed by atoms with Crippen LogP contribution in [-0.4, -0.2) is 51.7 Å². The van der Waals surface area contributed by atoms with Gasteiger partial charge in [-0.1, -0.05) is 30.3 Å². The Morgan fingerprint density at radius 2 is 1.57 bits per heavy atom. The molecule has 3 aromatic rings. The van der Waals surface area contributed by atoms with Crippen molar-refractivity contribution in [2.75, 3.05) is 43.2 Å². The number of nitrogens with zero attached hydrogens (tertiary/aromatic N) is 2. The molecular formula is C25H26N4O5S. The normalized spacial score (nSPS) is 15.6. The van der Waals surface area contributed by atoms with Crippen LogP contribution in [0, 0.1) is 0 Å². The van der Waals surface area contributed by atoms with Gasteiger partial charge in [0.25, 0.3) is 0 Å². The number of nitrogens with one attached hydrogen (secondary N) is 2. The van der Waals surface area contributed by atoms with Gasteiger partial charge in [0, 0.05) is 50.2 Å². The number of amides is 2. The van der Waals surface area contributed by atoms with E-state index in [9.17, 15) is 13.2 Å². The largest absolute Gasteiger partial charge is 0.454 e. The summed E-state index contributed by atoms with van der Waals surface area (Å²) in [5, 5.41) is 5.51. The van der Waals surface area contributed by atoms with Crippen LogP contribution in [0.4, 0.5) is 16.2 Å². The van der Waals surface area contributed by atoms with Crippen LogP contribution in [-0.2, 0) is 16.6 Å². The number of benzene rings is 3. The number of urea groups is 1. The molecule has 0 spiro atoms. The van der Waals surface area contributed by atoms with Gasteiger partial charge in [-0.05, 0) is 42.0 Å². The fourth-order valence-corrected chi connectivity index (χ4v) is 5.50. The van der Waals surface area contributed by atoms with Gasteiger partial charge in [-0.2, -0.15) is 4.31 Å². The van der Waals surface area contributed by atoms with Crippen molar-refractivity contribution in [2.24, 2.45) is 0 Å². The first-order chi connectivity index (χ1) is 17.0. The smallest absolute Gasteiger partial charge is 0.319 e. The summed E-state index contributed by atoms with van der Waals surface area (Å²) in [5.41, 5.74) is 2.48. The van der Waals surface area contributed by atoms with Gasteiger partial charge in [-0.25, -0.2) is 13.2 Å². The third kappa shape index (κ3) is 5.18. The SMILES string of the molecule is O=C(NCc1ccccc1)Nc1ccc(S(=O)(=O)N2CCN(c3ccc4c(c3)OCO4)CC2)cc1. The number of carbonyl (C=O) groups excluding carboxylic acids is 1. The predicted octanol–water partition coefficient (Wildman–Crippen LogP) is 3.25. The van der Waals surface area contributed by atoms with Crippen molar-refractivity contribution in [1.82, 2.24) is 9.62 Å². The summed E-state index contributed by atoms with van der Waals surface area (Å²) in [4.78, 5) is 14.5. The highest BCUT2D eigenvalue weighted by Crippen LogP contribution is 2.36. The van der Waals surface area contributed by atoms with Crippen LogP contribution in [0.15, 0.2) is 77.7 Å². The van der Waals surface area contributed by atoms with Gasteiger partial charge < -0.3 is 25.0 Å². The highest BCUT2D eigenvalue weighted by molar-refractivity contribution is 7.89. The van der Waals surface area contributed by atoms with Crippen LogP contribution in [0.5, 0.6) is 11.5 Å². The van der Waals surface area contributed by atoms with Gasteiger partial charge in [0.15, 0.2) is 11.5 Å². The van der Waals surface area contributed by atoms with Gasteiger partial charge in [0.05, 0.1) is 4.90 Å². The second kappa shape index (κ2) is 9.85. The zero-order chi connectivity index (χ0) is 24.3. The second-order valence-electron chi connectivity index (χ2n) is 8.25. The van der Waals surface area contributed by atoms with Crippen LogP contribution < -0.4 is 25.0 Å². The summed E-state index contributed by atoms with van der Waals surface area (Å²) >= 11 is 0. The van der Waals surface area contributed by atoms with Crippen LogP contribution in [0.3, 0.4) is 0 Å². The third-order valence-corrected chi connectivity index (χ3v) is 7.92. The van der Waals surface area contributed by atoms with E-state index in [0.29, 0.717) is 44.2 Å². The summed E-state index contributed by atoms with van der Waals surface area (Å²) in [6.45, 7) is 2.51. The summed E-state index contributed by atoms with van der Waals surface area (Å²) in [6.07, 6.45) is 0. The number of carbonyl (C=O) groups is 1. The zero-order valence-corrected chi connectivity index (χ0v) is 19.8. The minimum Gasteiger partial charge on any atom is -0.454 e. The standard InChI is InChI=1S/C25H26N4O5S/c30-25(26-17-19-4-2-1-3-5-19)27-20-6-9-22(10-7-20)35(31,32)29-14-12-28(13-15-29)21-8-11-23-24(16-21)34-18-33-23/h1-11,16H,12-15,17-18H2,(H2,26,27,30). The molecule has 0 aromatic heterocycles. The zero-order valence-electron chi connectivity index (χ0n) is 19.0. The lowest BCUT2D eigenvalue weighted by Gasteiger charge is -2.35. The lowest BCUT2D eigenvalue weighted by atomic mass is 10.2. The Kier molecular flexibility index (Phi) is 6.47. The van der Waals surface area contributed by atoms with Crippen molar-refractivity contribution in [3.63, 3.8) is 0 Å². The van der Waals surface area contributed by atoms with E-state index >= 15 is 0 Å². The maximum Gasteiger partial charge on any atom is 0.319 e. The summed E-state index contributed by atoms with van der Waals surface area (Å²) in [6, 6.07) is 21.2. The molecule has 0 saturated carbocycles. The van der Waals surface area contributed by atoms with Crippen molar-refractivity contribution >= 4 is 27.4 Å². The molecule has 2 amide bonds. The molecule has 3 aromatic carbocycles. The molecule has 0 aliphatic carbocycles. The second-order valence-corrected chi connectivity index (χ2v) is 10.2. The van der Waals surface area contributed by atoms with E-state index in [0.717, 1.165) is 17.0 Å².